The van der Waals surface area contributed by atoms with E-state index in [1.54, 1.807) is 17.8 Å². The predicted octanol–water partition coefficient (Wildman–Crippen LogP) is 2.93. The maximum absolute atomic E-state index is 13.5. The third-order valence-electron chi connectivity index (χ3n) is 2.56. The normalized spacial score (nSPS) is 14.8. The van der Waals surface area contributed by atoms with Crippen LogP contribution in [0.1, 0.15) is 25.5 Å². The Kier molecular flexibility index (Phi) is 5.09. The highest BCUT2D eigenvalue weighted by Gasteiger charge is 2.11. The van der Waals surface area contributed by atoms with Gasteiger partial charge in [0.2, 0.25) is 0 Å². The molecule has 0 saturated heterocycles. The summed E-state index contributed by atoms with van der Waals surface area (Å²) in [7, 11) is 0. The fourth-order valence-electron chi connectivity index (χ4n) is 1.40. The topological polar surface area (TPSA) is 32.3 Å². The predicted molar refractivity (Wildman–Crippen MR) is 67.5 cm³/mol. The summed E-state index contributed by atoms with van der Waals surface area (Å²) in [6.45, 7) is 4.88. The maximum atomic E-state index is 13.5. The lowest BCUT2D eigenvalue weighted by Gasteiger charge is -2.17. The SMILES string of the molecule is CSC(C)CNC(C)c1ccc(O)cc1F. The van der Waals surface area contributed by atoms with Crippen molar-refractivity contribution in [2.45, 2.75) is 25.1 Å². The van der Waals surface area contributed by atoms with Crippen LogP contribution in [0.3, 0.4) is 0 Å². The Bertz CT molecular complexity index is 346. The number of aromatic hydroxyl groups is 1. The molecule has 2 N–H and O–H groups in total. The Hall–Kier alpha value is -0.740. The first-order chi connectivity index (χ1) is 7.54. The molecule has 4 heteroatoms. The van der Waals surface area contributed by atoms with Gasteiger partial charge in [-0.3, -0.25) is 0 Å². The summed E-state index contributed by atoms with van der Waals surface area (Å²) < 4.78 is 13.5. The zero-order valence-electron chi connectivity index (χ0n) is 9.83. The summed E-state index contributed by atoms with van der Waals surface area (Å²) in [6.07, 6.45) is 2.05. The van der Waals surface area contributed by atoms with Gasteiger partial charge >= 0.3 is 0 Å². The van der Waals surface area contributed by atoms with Crippen molar-refractivity contribution in [3.63, 3.8) is 0 Å². The van der Waals surface area contributed by atoms with Crippen molar-refractivity contribution in [2.75, 3.05) is 12.8 Å². The fraction of sp³-hybridized carbons (Fsp3) is 0.500. The summed E-state index contributed by atoms with van der Waals surface area (Å²) in [6, 6.07) is 4.22. The number of phenols is 1. The highest BCUT2D eigenvalue weighted by molar-refractivity contribution is 7.99. The quantitative estimate of drug-likeness (QED) is 0.834. The van der Waals surface area contributed by atoms with Gasteiger partial charge in [0.25, 0.3) is 0 Å². The molecule has 0 fully saturated rings. The number of thioether (sulfide) groups is 1. The molecule has 0 aliphatic rings. The Morgan fingerprint density at radius 1 is 1.44 bits per heavy atom. The summed E-state index contributed by atoms with van der Waals surface area (Å²) in [5.74, 6) is -0.400. The minimum atomic E-state index is -0.364. The van der Waals surface area contributed by atoms with E-state index in [1.165, 1.54) is 6.07 Å². The molecule has 0 bridgehead atoms. The van der Waals surface area contributed by atoms with Crippen LogP contribution in [0.5, 0.6) is 5.75 Å². The lowest BCUT2D eigenvalue weighted by Crippen LogP contribution is -2.26. The number of phenolic OH excluding ortho intramolecular Hbond substituents is 1. The molecule has 0 aromatic heterocycles. The first-order valence-electron chi connectivity index (χ1n) is 5.29. The number of rotatable bonds is 5. The molecular formula is C12H18FNOS. The van der Waals surface area contributed by atoms with Gasteiger partial charge in [0.1, 0.15) is 11.6 Å². The first-order valence-corrected chi connectivity index (χ1v) is 6.58. The number of halogens is 1. The molecule has 0 aliphatic heterocycles. The van der Waals surface area contributed by atoms with Crippen molar-refractivity contribution in [1.82, 2.24) is 5.32 Å². The maximum Gasteiger partial charge on any atom is 0.131 e. The van der Waals surface area contributed by atoms with Crippen molar-refractivity contribution >= 4 is 11.8 Å². The molecule has 0 saturated carbocycles. The van der Waals surface area contributed by atoms with Crippen LogP contribution in [0.2, 0.25) is 0 Å². The number of hydrogen-bond donors (Lipinski definition) is 2. The zero-order chi connectivity index (χ0) is 12.1. The molecule has 0 spiro atoms. The van der Waals surface area contributed by atoms with E-state index in [4.69, 9.17) is 5.11 Å². The van der Waals surface area contributed by atoms with E-state index in [0.29, 0.717) is 10.8 Å². The average molecular weight is 243 g/mol. The van der Waals surface area contributed by atoms with Crippen molar-refractivity contribution in [3.8, 4) is 5.75 Å². The van der Waals surface area contributed by atoms with Crippen LogP contribution in [-0.4, -0.2) is 23.2 Å². The number of hydrogen-bond acceptors (Lipinski definition) is 3. The van der Waals surface area contributed by atoms with E-state index in [9.17, 15) is 4.39 Å². The van der Waals surface area contributed by atoms with Gasteiger partial charge in [0.05, 0.1) is 0 Å². The third-order valence-corrected chi connectivity index (χ3v) is 3.54. The molecule has 0 radical (unpaired) electrons. The van der Waals surface area contributed by atoms with Crippen molar-refractivity contribution in [3.05, 3.63) is 29.6 Å². The van der Waals surface area contributed by atoms with Gasteiger partial charge in [-0.1, -0.05) is 13.0 Å². The molecule has 16 heavy (non-hydrogen) atoms. The van der Waals surface area contributed by atoms with Gasteiger partial charge in [0.15, 0.2) is 0 Å². The Labute approximate surface area is 100 Å². The summed E-state index contributed by atoms with van der Waals surface area (Å²) in [5.41, 5.74) is 0.589. The van der Waals surface area contributed by atoms with E-state index in [2.05, 4.69) is 18.5 Å². The van der Waals surface area contributed by atoms with Crippen LogP contribution in [0.25, 0.3) is 0 Å². The molecule has 1 rings (SSSR count). The second-order valence-electron chi connectivity index (χ2n) is 3.88. The van der Waals surface area contributed by atoms with Crippen LogP contribution in [-0.2, 0) is 0 Å². The molecule has 2 atom stereocenters. The minimum Gasteiger partial charge on any atom is -0.508 e. The highest BCUT2D eigenvalue weighted by atomic mass is 32.2. The van der Waals surface area contributed by atoms with Gasteiger partial charge in [-0.15, -0.1) is 0 Å². The Balaban J connectivity index is 2.62. The third kappa shape index (κ3) is 3.68. The van der Waals surface area contributed by atoms with E-state index in [0.717, 1.165) is 12.6 Å². The molecule has 2 unspecified atom stereocenters. The summed E-state index contributed by atoms with van der Waals surface area (Å²) >= 11 is 1.77. The van der Waals surface area contributed by atoms with Gasteiger partial charge in [-0.05, 0) is 19.2 Å². The lowest BCUT2D eigenvalue weighted by molar-refractivity contribution is 0.464. The second-order valence-corrected chi connectivity index (χ2v) is 5.16. The molecule has 90 valence electrons. The Morgan fingerprint density at radius 2 is 2.12 bits per heavy atom. The molecular weight excluding hydrogens is 225 g/mol. The largest absolute Gasteiger partial charge is 0.508 e. The fourth-order valence-corrected chi connectivity index (χ4v) is 1.67. The average Bonchev–Trinajstić information content (AvgIpc) is 2.25. The second kappa shape index (κ2) is 6.11. The van der Waals surface area contributed by atoms with Crippen molar-refractivity contribution < 1.29 is 9.50 Å². The molecule has 2 nitrogen and oxygen atoms in total. The highest BCUT2D eigenvalue weighted by Crippen LogP contribution is 2.21. The standard InChI is InChI=1S/C12H18FNOS/c1-8(16-3)7-14-9(2)11-5-4-10(15)6-12(11)13/h4-6,8-9,14-15H,7H2,1-3H3. The smallest absolute Gasteiger partial charge is 0.131 e. The van der Waals surface area contributed by atoms with Gasteiger partial charge in [-0.25, -0.2) is 4.39 Å². The van der Waals surface area contributed by atoms with Gasteiger partial charge in [-0.2, -0.15) is 11.8 Å². The van der Waals surface area contributed by atoms with Crippen molar-refractivity contribution in [2.24, 2.45) is 0 Å². The van der Waals surface area contributed by atoms with Crippen LogP contribution in [0.15, 0.2) is 18.2 Å². The van der Waals surface area contributed by atoms with E-state index in [1.807, 2.05) is 6.92 Å². The van der Waals surface area contributed by atoms with E-state index >= 15 is 0 Å². The minimum absolute atomic E-state index is 0.0362. The Morgan fingerprint density at radius 3 is 2.69 bits per heavy atom. The molecule has 1 aromatic rings. The molecule has 0 heterocycles. The van der Waals surface area contributed by atoms with E-state index < -0.39 is 0 Å². The first kappa shape index (κ1) is 13.3. The zero-order valence-corrected chi connectivity index (χ0v) is 10.6. The number of nitrogens with one attached hydrogen (secondary N) is 1. The molecule has 0 aliphatic carbocycles. The molecule has 0 amide bonds. The van der Waals surface area contributed by atoms with Crippen molar-refractivity contribution in [1.29, 1.82) is 0 Å². The van der Waals surface area contributed by atoms with E-state index in [-0.39, 0.29) is 17.6 Å². The number of benzene rings is 1. The summed E-state index contributed by atoms with van der Waals surface area (Å²) in [5, 5.41) is 12.9. The van der Waals surface area contributed by atoms with Crippen LogP contribution in [0.4, 0.5) is 4.39 Å². The molecule has 1 aromatic carbocycles. The lowest BCUT2D eigenvalue weighted by atomic mass is 10.1. The van der Waals surface area contributed by atoms with Gasteiger partial charge < -0.3 is 10.4 Å². The van der Waals surface area contributed by atoms with Crippen LogP contribution < -0.4 is 5.32 Å². The van der Waals surface area contributed by atoms with Crippen LogP contribution in [0, 0.1) is 5.82 Å². The monoisotopic (exact) mass is 243 g/mol. The van der Waals surface area contributed by atoms with Crippen LogP contribution >= 0.6 is 11.8 Å². The van der Waals surface area contributed by atoms with Gasteiger partial charge in [0, 0.05) is 29.5 Å². The summed E-state index contributed by atoms with van der Waals surface area (Å²) in [4.78, 5) is 0.